The number of benzene rings is 1. The molecule has 0 aliphatic carbocycles. The lowest BCUT2D eigenvalue weighted by Crippen LogP contribution is -2.29. The molecule has 0 radical (unpaired) electrons. The monoisotopic (exact) mass is 277 g/mol. The zero-order chi connectivity index (χ0) is 14.6. The molecule has 1 aromatic rings. The highest BCUT2D eigenvalue weighted by atomic mass is 19.4. The summed E-state index contributed by atoms with van der Waals surface area (Å²) >= 11 is 0. The van der Waals surface area contributed by atoms with Crippen LogP contribution in [0.3, 0.4) is 0 Å². The van der Waals surface area contributed by atoms with E-state index in [4.69, 9.17) is 5.11 Å². The number of rotatable bonds is 4. The Bertz CT molecular complexity index is 499. The Labute approximate surface area is 106 Å². The second-order valence-corrected chi connectivity index (χ2v) is 3.60. The second-order valence-electron chi connectivity index (χ2n) is 3.60. The van der Waals surface area contributed by atoms with Crippen molar-refractivity contribution in [3.8, 4) is 5.75 Å². The molecule has 2 N–H and O–H groups in total. The first-order chi connectivity index (χ1) is 8.69. The molecule has 8 heteroatoms. The fraction of sp³-hybridized carbons (Fsp3) is 0.273. The molecule has 0 aliphatic rings. The molecule has 0 heterocycles. The lowest BCUT2D eigenvalue weighted by Gasteiger charge is -2.11. The molecule has 0 saturated heterocycles. The lowest BCUT2D eigenvalue weighted by atomic mass is 10.1. The first-order valence-corrected chi connectivity index (χ1v) is 5.05. The Hall–Kier alpha value is -2.25. The highest BCUT2D eigenvalue weighted by Crippen LogP contribution is 2.24. The van der Waals surface area contributed by atoms with Gasteiger partial charge >= 0.3 is 12.3 Å². The van der Waals surface area contributed by atoms with Crippen LogP contribution in [0, 0.1) is 6.92 Å². The minimum absolute atomic E-state index is 0.0806. The number of ether oxygens (including phenoxy) is 1. The molecule has 0 unspecified atom stereocenters. The first kappa shape index (κ1) is 14.8. The van der Waals surface area contributed by atoms with Crippen LogP contribution in [0.25, 0.3) is 0 Å². The van der Waals surface area contributed by atoms with Gasteiger partial charge in [-0.1, -0.05) is 6.07 Å². The van der Waals surface area contributed by atoms with E-state index in [2.05, 4.69) is 10.1 Å². The number of nitrogens with one attached hydrogen (secondary N) is 1. The molecule has 0 saturated carbocycles. The summed E-state index contributed by atoms with van der Waals surface area (Å²) in [5, 5.41) is 10.5. The van der Waals surface area contributed by atoms with Crippen LogP contribution in [0.15, 0.2) is 18.2 Å². The number of carboxylic acids is 1. The van der Waals surface area contributed by atoms with Crippen LogP contribution in [-0.2, 0) is 4.79 Å². The maximum atomic E-state index is 12.0. The molecule has 0 aliphatic heterocycles. The van der Waals surface area contributed by atoms with E-state index in [1.165, 1.54) is 13.0 Å². The van der Waals surface area contributed by atoms with E-state index in [-0.39, 0.29) is 5.56 Å². The number of aliphatic carboxylic acids is 1. The van der Waals surface area contributed by atoms with Crippen molar-refractivity contribution in [1.29, 1.82) is 0 Å². The second kappa shape index (κ2) is 5.59. The van der Waals surface area contributed by atoms with E-state index >= 15 is 0 Å². The maximum Gasteiger partial charge on any atom is 0.573 e. The fourth-order valence-electron chi connectivity index (χ4n) is 1.29. The fourth-order valence-corrected chi connectivity index (χ4v) is 1.29. The number of carbonyl (C=O) groups excluding carboxylic acids is 1. The summed E-state index contributed by atoms with van der Waals surface area (Å²) in [7, 11) is 0. The van der Waals surface area contributed by atoms with Gasteiger partial charge in [0.25, 0.3) is 5.91 Å². The van der Waals surface area contributed by atoms with Crippen molar-refractivity contribution in [3.63, 3.8) is 0 Å². The molecule has 0 aromatic heterocycles. The van der Waals surface area contributed by atoms with Crippen molar-refractivity contribution < 1.29 is 32.6 Å². The van der Waals surface area contributed by atoms with Gasteiger partial charge in [0.2, 0.25) is 0 Å². The van der Waals surface area contributed by atoms with Crippen molar-refractivity contribution >= 4 is 11.9 Å². The largest absolute Gasteiger partial charge is 0.573 e. The number of amides is 1. The van der Waals surface area contributed by atoms with E-state index in [1.807, 2.05) is 0 Å². The van der Waals surface area contributed by atoms with E-state index < -0.39 is 30.5 Å². The average Bonchev–Trinajstić information content (AvgIpc) is 2.26. The van der Waals surface area contributed by atoms with Crippen LogP contribution in [0.5, 0.6) is 5.75 Å². The van der Waals surface area contributed by atoms with E-state index in [1.54, 1.807) is 0 Å². The molecule has 1 aromatic carbocycles. The Morgan fingerprint density at radius 2 is 2.00 bits per heavy atom. The number of carboxylic acid groups (broad SMARTS) is 1. The van der Waals surface area contributed by atoms with Gasteiger partial charge in [-0.05, 0) is 24.6 Å². The predicted molar refractivity (Wildman–Crippen MR) is 57.8 cm³/mol. The van der Waals surface area contributed by atoms with E-state index in [0.29, 0.717) is 5.56 Å². The van der Waals surface area contributed by atoms with Gasteiger partial charge in [-0.15, -0.1) is 13.2 Å². The van der Waals surface area contributed by atoms with Crippen LogP contribution in [0.2, 0.25) is 0 Å². The molecule has 0 fully saturated rings. The number of aryl methyl sites for hydroxylation is 1. The predicted octanol–water partition coefficient (Wildman–Crippen LogP) is 1.71. The zero-order valence-electron chi connectivity index (χ0n) is 9.75. The molecule has 1 amide bonds. The SMILES string of the molecule is Cc1ccc(OC(F)(F)F)cc1C(=O)NCC(=O)O. The maximum absolute atomic E-state index is 12.0. The highest BCUT2D eigenvalue weighted by Gasteiger charge is 2.31. The molecule has 0 bridgehead atoms. The Balaban J connectivity index is 2.91. The molecular formula is C11H10F3NO4. The number of hydrogen-bond donors (Lipinski definition) is 2. The third-order valence-electron chi connectivity index (χ3n) is 2.09. The van der Waals surface area contributed by atoms with Crippen LogP contribution >= 0.6 is 0 Å². The molecule has 0 atom stereocenters. The lowest BCUT2D eigenvalue weighted by molar-refractivity contribution is -0.274. The third-order valence-corrected chi connectivity index (χ3v) is 2.09. The molecule has 19 heavy (non-hydrogen) atoms. The van der Waals surface area contributed by atoms with Crippen molar-refractivity contribution in [2.75, 3.05) is 6.54 Å². The molecule has 104 valence electrons. The molecule has 0 spiro atoms. The van der Waals surface area contributed by atoms with Crippen molar-refractivity contribution in [1.82, 2.24) is 5.32 Å². The number of halogens is 3. The van der Waals surface area contributed by atoms with Gasteiger partial charge in [-0.3, -0.25) is 9.59 Å². The van der Waals surface area contributed by atoms with Crippen LogP contribution in [0.4, 0.5) is 13.2 Å². The van der Waals surface area contributed by atoms with Crippen LogP contribution in [-0.4, -0.2) is 29.9 Å². The summed E-state index contributed by atoms with van der Waals surface area (Å²) in [6, 6.07) is 3.24. The van der Waals surface area contributed by atoms with Gasteiger partial charge in [0.1, 0.15) is 12.3 Å². The standard InChI is InChI=1S/C11H10F3NO4/c1-6-2-3-7(19-11(12,13)14)4-8(6)10(18)15-5-9(16)17/h2-4H,5H2,1H3,(H,15,18)(H,16,17). The Kier molecular flexibility index (Phi) is 4.36. The Morgan fingerprint density at radius 1 is 1.37 bits per heavy atom. The van der Waals surface area contributed by atoms with Crippen molar-refractivity contribution in [2.24, 2.45) is 0 Å². The summed E-state index contributed by atoms with van der Waals surface area (Å²) in [4.78, 5) is 21.9. The number of carbonyl (C=O) groups is 2. The van der Waals surface area contributed by atoms with Gasteiger partial charge < -0.3 is 15.2 Å². The van der Waals surface area contributed by atoms with Gasteiger partial charge in [-0.2, -0.15) is 0 Å². The zero-order valence-corrected chi connectivity index (χ0v) is 9.75. The summed E-state index contributed by atoms with van der Waals surface area (Å²) in [5.41, 5.74) is 0.320. The number of hydrogen-bond acceptors (Lipinski definition) is 3. The summed E-state index contributed by atoms with van der Waals surface area (Å²) < 4.78 is 39.8. The molecular weight excluding hydrogens is 267 g/mol. The first-order valence-electron chi connectivity index (χ1n) is 5.05. The average molecular weight is 277 g/mol. The van der Waals surface area contributed by atoms with E-state index in [0.717, 1.165) is 12.1 Å². The van der Waals surface area contributed by atoms with E-state index in [9.17, 15) is 22.8 Å². The number of alkyl halides is 3. The summed E-state index contributed by atoms with van der Waals surface area (Å²) in [6.07, 6.45) is -4.86. The molecule has 1 rings (SSSR count). The molecule has 5 nitrogen and oxygen atoms in total. The van der Waals surface area contributed by atoms with Gasteiger partial charge in [-0.25, -0.2) is 0 Å². The topological polar surface area (TPSA) is 75.6 Å². The van der Waals surface area contributed by atoms with Gasteiger partial charge in [0.05, 0.1) is 0 Å². The van der Waals surface area contributed by atoms with Crippen molar-refractivity contribution in [2.45, 2.75) is 13.3 Å². The quantitative estimate of drug-likeness (QED) is 0.878. The minimum atomic E-state index is -4.86. The summed E-state index contributed by atoms with van der Waals surface area (Å²) in [6.45, 7) is 0.885. The van der Waals surface area contributed by atoms with Gasteiger partial charge in [0.15, 0.2) is 0 Å². The normalized spacial score (nSPS) is 10.9. The third kappa shape index (κ3) is 4.86. The Morgan fingerprint density at radius 3 is 2.53 bits per heavy atom. The summed E-state index contributed by atoms with van der Waals surface area (Å²) in [5.74, 6) is -2.58. The van der Waals surface area contributed by atoms with Crippen LogP contribution < -0.4 is 10.1 Å². The van der Waals surface area contributed by atoms with Crippen molar-refractivity contribution in [3.05, 3.63) is 29.3 Å². The van der Waals surface area contributed by atoms with Crippen LogP contribution in [0.1, 0.15) is 15.9 Å². The minimum Gasteiger partial charge on any atom is -0.480 e. The van der Waals surface area contributed by atoms with Gasteiger partial charge in [0, 0.05) is 5.56 Å². The highest BCUT2D eigenvalue weighted by molar-refractivity contribution is 5.97. The smallest absolute Gasteiger partial charge is 0.480 e.